The molecule has 0 saturated heterocycles. The van der Waals surface area contributed by atoms with E-state index in [9.17, 15) is 8.78 Å². The molecule has 0 saturated carbocycles. The van der Waals surface area contributed by atoms with E-state index in [1.807, 2.05) is 0 Å². The molecule has 1 heterocycles. The van der Waals surface area contributed by atoms with E-state index in [1.165, 1.54) is 30.4 Å². The summed E-state index contributed by atoms with van der Waals surface area (Å²) in [6, 6.07) is 0.324. The highest BCUT2D eigenvalue weighted by molar-refractivity contribution is 8.00. The van der Waals surface area contributed by atoms with Crippen LogP contribution in [-0.2, 0) is 0 Å². The highest BCUT2D eigenvalue weighted by Gasteiger charge is 2.03. The molecule has 0 amide bonds. The summed E-state index contributed by atoms with van der Waals surface area (Å²) in [5, 5.41) is 0. The van der Waals surface area contributed by atoms with Gasteiger partial charge in [0.25, 0.3) is 6.08 Å². The number of allylic oxidation sites excluding steroid dienone is 1. The van der Waals surface area contributed by atoms with Crippen molar-refractivity contribution in [3.05, 3.63) is 12.2 Å². The van der Waals surface area contributed by atoms with Crippen LogP contribution in [0.15, 0.2) is 16.5 Å². The maximum atomic E-state index is 11.6. The molecule has 1 aromatic heterocycles. The lowest BCUT2D eigenvalue weighted by molar-refractivity contribution is 0.384. The summed E-state index contributed by atoms with van der Waals surface area (Å²) >= 11 is 2.59. The first-order chi connectivity index (χ1) is 6.72. The van der Waals surface area contributed by atoms with E-state index < -0.39 is 6.08 Å². The standard InChI is InChI=1S/C7H8F2N2OS2/c1-12-6-10-7(14-11-6)13-4-2-3-5(8)9/h3H,2,4H2,1H3. The predicted octanol–water partition coefficient (Wildman–Crippen LogP) is 2.81. The maximum Gasteiger partial charge on any atom is 0.329 e. The van der Waals surface area contributed by atoms with Crippen LogP contribution in [0.4, 0.5) is 8.78 Å². The van der Waals surface area contributed by atoms with Crippen molar-refractivity contribution in [3.8, 4) is 6.01 Å². The predicted molar refractivity (Wildman–Crippen MR) is 52.1 cm³/mol. The number of nitrogens with zero attached hydrogens (tertiary/aromatic N) is 2. The van der Waals surface area contributed by atoms with Crippen molar-refractivity contribution < 1.29 is 13.5 Å². The van der Waals surface area contributed by atoms with Gasteiger partial charge in [-0.2, -0.15) is 13.8 Å². The van der Waals surface area contributed by atoms with Crippen LogP contribution in [0, 0.1) is 0 Å². The Labute approximate surface area is 88.4 Å². The minimum atomic E-state index is -1.64. The molecule has 0 radical (unpaired) electrons. The van der Waals surface area contributed by atoms with Crippen molar-refractivity contribution in [2.45, 2.75) is 10.8 Å². The van der Waals surface area contributed by atoms with Gasteiger partial charge in [-0.05, 0) is 24.0 Å². The molecule has 78 valence electrons. The highest BCUT2D eigenvalue weighted by Crippen LogP contribution is 2.23. The van der Waals surface area contributed by atoms with Crippen molar-refractivity contribution in [2.24, 2.45) is 0 Å². The van der Waals surface area contributed by atoms with E-state index in [-0.39, 0.29) is 0 Å². The summed E-state index contributed by atoms with van der Waals surface area (Å²) in [5.41, 5.74) is 0. The summed E-state index contributed by atoms with van der Waals surface area (Å²) in [7, 11) is 1.48. The molecule has 0 aliphatic rings. The number of hydrogen-bond acceptors (Lipinski definition) is 5. The Bertz CT molecular complexity index is 312. The van der Waals surface area contributed by atoms with Crippen LogP contribution >= 0.6 is 23.3 Å². The van der Waals surface area contributed by atoms with Gasteiger partial charge in [0, 0.05) is 5.75 Å². The molecule has 0 spiro atoms. The zero-order chi connectivity index (χ0) is 10.4. The van der Waals surface area contributed by atoms with Gasteiger partial charge in [-0.25, -0.2) is 0 Å². The average Bonchev–Trinajstić information content (AvgIpc) is 2.60. The van der Waals surface area contributed by atoms with Crippen molar-refractivity contribution >= 4 is 23.3 Å². The second-order valence-corrected chi connectivity index (χ2v) is 4.27. The Morgan fingerprint density at radius 3 is 3.00 bits per heavy atom. The smallest absolute Gasteiger partial charge is 0.329 e. The van der Waals surface area contributed by atoms with Crippen molar-refractivity contribution in [3.63, 3.8) is 0 Å². The molecule has 0 bridgehead atoms. The number of hydrogen-bond donors (Lipinski definition) is 0. The molecule has 0 aliphatic heterocycles. The fourth-order valence-electron chi connectivity index (χ4n) is 0.653. The van der Waals surface area contributed by atoms with Gasteiger partial charge in [-0.15, -0.1) is 4.37 Å². The van der Waals surface area contributed by atoms with Crippen molar-refractivity contribution in [1.82, 2.24) is 9.36 Å². The van der Waals surface area contributed by atoms with Gasteiger partial charge in [-0.3, -0.25) is 0 Å². The maximum absolute atomic E-state index is 11.6. The lowest BCUT2D eigenvalue weighted by Crippen LogP contribution is -1.83. The molecule has 1 aromatic rings. The molecule has 0 unspecified atom stereocenters. The largest absolute Gasteiger partial charge is 0.466 e. The molecule has 14 heavy (non-hydrogen) atoms. The van der Waals surface area contributed by atoms with Crippen molar-refractivity contribution in [2.75, 3.05) is 12.9 Å². The third kappa shape index (κ3) is 4.01. The third-order valence-corrected chi connectivity index (χ3v) is 3.06. The molecule has 0 aromatic carbocycles. The van der Waals surface area contributed by atoms with Crippen LogP contribution in [0.5, 0.6) is 6.01 Å². The number of aromatic nitrogens is 2. The van der Waals surface area contributed by atoms with Gasteiger partial charge in [0.05, 0.1) is 7.11 Å². The second kappa shape index (κ2) is 5.92. The Morgan fingerprint density at radius 2 is 2.43 bits per heavy atom. The van der Waals surface area contributed by atoms with Crippen LogP contribution in [0.2, 0.25) is 0 Å². The van der Waals surface area contributed by atoms with Crippen molar-refractivity contribution in [1.29, 1.82) is 0 Å². The molecule has 7 heteroatoms. The summed E-state index contributed by atoms with van der Waals surface area (Å²) < 4.78 is 32.6. The normalized spacial score (nSPS) is 9.93. The second-order valence-electron chi connectivity index (χ2n) is 2.18. The van der Waals surface area contributed by atoms with Crippen LogP contribution in [0.3, 0.4) is 0 Å². The number of thioether (sulfide) groups is 1. The Morgan fingerprint density at radius 1 is 1.64 bits per heavy atom. The van der Waals surface area contributed by atoms with Crippen LogP contribution in [0.1, 0.15) is 6.42 Å². The number of rotatable bonds is 5. The SMILES string of the molecule is COc1nsc(SCCC=C(F)F)n1. The summed E-state index contributed by atoms with van der Waals surface area (Å²) in [6.07, 6.45) is -0.416. The average molecular weight is 238 g/mol. The van der Waals surface area contributed by atoms with Crippen LogP contribution < -0.4 is 4.74 Å². The van der Waals surface area contributed by atoms with E-state index in [2.05, 4.69) is 9.36 Å². The van der Waals surface area contributed by atoms with E-state index in [1.54, 1.807) is 0 Å². The molecule has 0 aliphatic carbocycles. The summed E-state index contributed by atoms with van der Waals surface area (Å²) in [6.45, 7) is 0. The monoisotopic (exact) mass is 238 g/mol. The Hall–Kier alpha value is -0.690. The Balaban J connectivity index is 2.28. The lowest BCUT2D eigenvalue weighted by atomic mass is 10.5. The van der Waals surface area contributed by atoms with E-state index in [0.29, 0.717) is 18.2 Å². The first-order valence-electron chi connectivity index (χ1n) is 3.74. The molecule has 1 rings (SSSR count). The first-order valence-corrected chi connectivity index (χ1v) is 5.50. The molecule has 3 nitrogen and oxygen atoms in total. The van der Waals surface area contributed by atoms with Gasteiger partial charge < -0.3 is 4.74 Å². The first kappa shape index (κ1) is 11.4. The van der Waals surface area contributed by atoms with Crippen LogP contribution in [0.25, 0.3) is 0 Å². The van der Waals surface area contributed by atoms with Gasteiger partial charge in [-0.1, -0.05) is 11.8 Å². The number of methoxy groups -OCH3 is 1. The molecular formula is C7H8F2N2OS2. The third-order valence-electron chi connectivity index (χ3n) is 1.21. The van der Waals surface area contributed by atoms with Gasteiger partial charge >= 0.3 is 6.01 Å². The molecule has 0 N–H and O–H groups in total. The minimum Gasteiger partial charge on any atom is -0.466 e. The van der Waals surface area contributed by atoms with E-state index >= 15 is 0 Å². The minimum absolute atomic E-state index is 0.324. The van der Waals surface area contributed by atoms with Gasteiger partial charge in [0.15, 0.2) is 4.34 Å². The van der Waals surface area contributed by atoms with Gasteiger partial charge in [0.1, 0.15) is 0 Å². The summed E-state index contributed by atoms with van der Waals surface area (Å²) in [5.74, 6) is 0.565. The fraction of sp³-hybridized carbons (Fsp3) is 0.429. The zero-order valence-corrected chi connectivity index (χ0v) is 9.00. The Kier molecular flexibility index (Phi) is 4.81. The highest BCUT2D eigenvalue weighted by atomic mass is 32.2. The van der Waals surface area contributed by atoms with E-state index in [0.717, 1.165) is 10.4 Å². The van der Waals surface area contributed by atoms with E-state index in [4.69, 9.17) is 4.74 Å². The fourth-order valence-corrected chi connectivity index (χ4v) is 2.17. The number of ether oxygens (including phenoxy) is 1. The number of halogens is 2. The lowest BCUT2D eigenvalue weighted by Gasteiger charge is -1.91. The molecule has 0 atom stereocenters. The summed E-state index contributed by atoms with van der Waals surface area (Å²) in [4.78, 5) is 3.99. The zero-order valence-electron chi connectivity index (χ0n) is 7.37. The molecular weight excluding hydrogens is 230 g/mol. The quantitative estimate of drug-likeness (QED) is 0.583. The topological polar surface area (TPSA) is 35.0 Å². The van der Waals surface area contributed by atoms with Crippen LogP contribution in [-0.4, -0.2) is 22.2 Å². The van der Waals surface area contributed by atoms with Gasteiger partial charge in [0.2, 0.25) is 0 Å². The molecule has 0 fully saturated rings.